The van der Waals surface area contributed by atoms with E-state index in [1.54, 1.807) is 12.1 Å². The van der Waals surface area contributed by atoms with Crippen LogP contribution in [0.25, 0.3) is 0 Å². The lowest BCUT2D eigenvalue weighted by atomic mass is 10.0. The van der Waals surface area contributed by atoms with Gasteiger partial charge in [-0.15, -0.1) is 0 Å². The van der Waals surface area contributed by atoms with E-state index >= 15 is 0 Å². The summed E-state index contributed by atoms with van der Waals surface area (Å²) in [6, 6.07) is 7.15. The van der Waals surface area contributed by atoms with E-state index in [1.807, 2.05) is 12.1 Å². The number of carbonyl (C=O) groups is 2. The van der Waals surface area contributed by atoms with Crippen LogP contribution in [0.5, 0.6) is 0 Å². The van der Waals surface area contributed by atoms with Crippen molar-refractivity contribution in [1.29, 1.82) is 0 Å². The summed E-state index contributed by atoms with van der Waals surface area (Å²) in [6.07, 6.45) is 27.2. The molecule has 1 aromatic carbocycles. The van der Waals surface area contributed by atoms with E-state index in [4.69, 9.17) is 4.74 Å². The van der Waals surface area contributed by atoms with Gasteiger partial charge in [-0.05, 0) is 25.0 Å². The smallest absolute Gasteiger partial charge is 0.340 e. The van der Waals surface area contributed by atoms with Crippen molar-refractivity contribution in [3.8, 4) is 0 Å². The Hall–Kier alpha value is -1.84. The average Bonchev–Trinajstić information content (AvgIpc) is 2.90. The third-order valence-electron chi connectivity index (χ3n) is 7.16. The van der Waals surface area contributed by atoms with Gasteiger partial charge in [0.2, 0.25) is 5.91 Å². The normalized spacial score (nSPS) is 11.0. The summed E-state index contributed by atoms with van der Waals surface area (Å²) in [5, 5.41) is 2.90. The van der Waals surface area contributed by atoms with Crippen molar-refractivity contribution in [1.82, 2.24) is 0 Å². The van der Waals surface area contributed by atoms with Gasteiger partial charge in [-0.3, -0.25) is 4.79 Å². The number of rotatable bonds is 25. The summed E-state index contributed by atoms with van der Waals surface area (Å²) in [5.41, 5.74) is 0.997. The molecule has 0 bridgehead atoms. The summed E-state index contributed by atoms with van der Waals surface area (Å²) in [4.78, 5) is 24.8. The molecule has 4 nitrogen and oxygen atoms in total. The standard InChI is InChI=1S/C33H57NO3/c1-3-5-7-9-10-11-12-13-14-15-16-17-18-19-21-25-29-37-33(36)30-26-23-24-27-31(30)34-32(35)28-22-20-8-6-4-2/h23-24,26-27H,3-22,25,28-29H2,1-2H3,(H,34,35). The van der Waals surface area contributed by atoms with Crippen LogP contribution in [0.4, 0.5) is 5.69 Å². The number of hydrogen-bond acceptors (Lipinski definition) is 3. The van der Waals surface area contributed by atoms with Gasteiger partial charge >= 0.3 is 5.97 Å². The zero-order valence-corrected chi connectivity index (χ0v) is 24.3. The Bertz CT molecular complexity index is 688. The molecule has 0 saturated heterocycles. The summed E-state index contributed by atoms with van der Waals surface area (Å²) in [5.74, 6) is -0.380. The highest BCUT2D eigenvalue weighted by atomic mass is 16.5. The number of anilines is 1. The van der Waals surface area contributed by atoms with Crippen LogP contribution < -0.4 is 5.32 Å². The molecule has 212 valence electrons. The highest BCUT2D eigenvalue weighted by molar-refractivity contribution is 6.01. The van der Waals surface area contributed by atoms with Gasteiger partial charge in [0.25, 0.3) is 0 Å². The number of esters is 1. The topological polar surface area (TPSA) is 55.4 Å². The Morgan fingerprint density at radius 2 is 1.03 bits per heavy atom. The van der Waals surface area contributed by atoms with Gasteiger partial charge < -0.3 is 10.1 Å². The average molecular weight is 516 g/mol. The highest BCUT2D eigenvalue weighted by Crippen LogP contribution is 2.18. The number of benzene rings is 1. The van der Waals surface area contributed by atoms with E-state index in [-0.39, 0.29) is 11.9 Å². The van der Waals surface area contributed by atoms with E-state index in [0.29, 0.717) is 24.3 Å². The fourth-order valence-corrected chi connectivity index (χ4v) is 4.76. The molecule has 0 spiro atoms. The molecule has 0 aliphatic carbocycles. The van der Waals surface area contributed by atoms with Crippen molar-refractivity contribution in [3.63, 3.8) is 0 Å². The third kappa shape index (κ3) is 19.0. The van der Waals surface area contributed by atoms with Crippen molar-refractivity contribution in [2.45, 2.75) is 155 Å². The maximum Gasteiger partial charge on any atom is 0.340 e. The van der Waals surface area contributed by atoms with Gasteiger partial charge in [0.05, 0.1) is 17.9 Å². The minimum Gasteiger partial charge on any atom is -0.462 e. The van der Waals surface area contributed by atoms with Crippen LogP contribution in [0.3, 0.4) is 0 Å². The minimum atomic E-state index is -0.347. The molecule has 0 aliphatic rings. The molecule has 0 unspecified atom stereocenters. The van der Waals surface area contributed by atoms with E-state index < -0.39 is 0 Å². The monoisotopic (exact) mass is 515 g/mol. The first-order chi connectivity index (χ1) is 18.2. The maximum absolute atomic E-state index is 12.6. The maximum atomic E-state index is 12.6. The fraction of sp³-hybridized carbons (Fsp3) is 0.758. The zero-order valence-electron chi connectivity index (χ0n) is 24.3. The highest BCUT2D eigenvalue weighted by Gasteiger charge is 2.14. The predicted molar refractivity (Wildman–Crippen MR) is 158 cm³/mol. The fourth-order valence-electron chi connectivity index (χ4n) is 4.76. The molecule has 0 radical (unpaired) electrons. The van der Waals surface area contributed by atoms with Gasteiger partial charge in [0.1, 0.15) is 0 Å². The molecule has 0 atom stereocenters. The quantitative estimate of drug-likeness (QED) is 0.104. The van der Waals surface area contributed by atoms with Crippen LogP contribution in [0.15, 0.2) is 24.3 Å². The van der Waals surface area contributed by atoms with Gasteiger partial charge in [-0.2, -0.15) is 0 Å². The molecule has 0 aliphatic heterocycles. The van der Waals surface area contributed by atoms with Gasteiger partial charge in [0.15, 0.2) is 0 Å². The number of unbranched alkanes of at least 4 members (excludes halogenated alkanes) is 19. The van der Waals surface area contributed by atoms with E-state index in [0.717, 1.165) is 25.7 Å². The number of para-hydroxylation sites is 1. The molecule has 0 fully saturated rings. The van der Waals surface area contributed by atoms with Crippen molar-refractivity contribution in [2.24, 2.45) is 0 Å². The molecular formula is C33H57NO3. The van der Waals surface area contributed by atoms with Crippen LogP contribution in [-0.4, -0.2) is 18.5 Å². The lowest BCUT2D eigenvalue weighted by Crippen LogP contribution is -2.15. The summed E-state index contributed by atoms with van der Waals surface area (Å²) < 4.78 is 5.50. The first-order valence-corrected chi connectivity index (χ1v) is 15.7. The first kappa shape index (κ1) is 33.2. The summed E-state index contributed by atoms with van der Waals surface area (Å²) in [7, 11) is 0. The molecule has 0 aromatic heterocycles. The van der Waals surface area contributed by atoms with Crippen LogP contribution in [-0.2, 0) is 9.53 Å². The number of amides is 1. The van der Waals surface area contributed by atoms with Gasteiger partial charge in [-0.1, -0.05) is 148 Å². The Balaban J connectivity index is 2.03. The molecule has 0 heterocycles. The second-order valence-corrected chi connectivity index (χ2v) is 10.7. The number of ether oxygens (including phenoxy) is 1. The van der Waals surface area contributed by atoms with Crippen molar-refractivity contribution < 1.29 is 14.3 Å². The van der Waals surface area contributed by atoms with E-state index in [2.05, 4.69) is 19.2 Å². The van der Waals surface area contributed by atoms with Crippen molar-refractivity contribution in [2.75, 3.05) is 11.9 Å². The molecule has 37 heavy (non-hydrogen) atoms. The van der Waals surface area contributed by atoms with Gasteiger partial charge in [-0.25, -0.2) is 4.79 Å². The summed E-state index contributed by atoms with van der Waals surface area (Å²) in [6.45, 7) is 4.90. The van der Waals surface area contributed by atoms with E-state index in [1.165, 1.54) is 109 Å². The Morgan fingerprint density at radius 3 is 1.54 bits per heavy atom. The zero-order chi connectivity index (χ0) is 26.8. The second kappa shape index (κ2) is 24.5. The molecule has 1 amide bonds. The predicted octanol–water partition coefficient (Wildman–Crippen LogP) is 10.4. The number of nitrogens with one attached hydrogen (secondary N) is 1. The Morgan fingerprint density at radius 1 is 0.595 bits per heavy atom. The third-order valence-corrected chi connectivity index (χ3v) is 7.16. The molecule has 4 heteroatoms. The Labute approximate surface area is 228 Å². The SMILES string of the molecule is CCCCCCCCCCCCCCCCCCOC(=O)c1ccccc1NC(=O)CCCCCCC. The molecule has 1 aromatic rings. The molecular weight excluding hydrogens is 458 g/mol. The minimum absolute atomic E-state index is 0.0328. The van der Waals surface area contributed by atoms with Crippen molar-refractivity contribution >= 4 is 17.6 Å². The van der Waals surface area contributed by atoms with Crippen LogP contribution in [0, 0.1) is 0 Å². The Kier molecular flexibility index (Phi) is 22.0. The largest absolute Gasteiger partial charge is 0.462 e. The number of hydrogen-bond donors (Lipinski definition) is 1. The lowest BCUT2D eigenvalue weighted by molar-refractivity contribution is -0.116. The first-order valence-electron chi connectivity index (χ1n) is 15.7. The van der Waals surface area contributed by atoms with Crippen molar-refractivity contribution in [3.05, 3.63) is 29.8 Å². The van der Waals surface area contributed by atoms with Crippen LogP contribution >= 0.6 is 0 Å². The molecule has 1 N–H and O–H groups in total. The van der Waals surface area contributed by atoms with Gasteiger partial charge in [0, 0.05) is 6.42 Å². The van der Waals surface area contributed by atoms with E-state index in [9.17, 15) is 9.59 Å². The summed E-state index contributed by atoms with van der Waals surface area (Å²) >= 11 is 0. The molecule has 1 rings (SSSR count). The van der Waals surface area contributed by atoms with Crippen LogP contribution in [0.2, 0.25) is 0 Å². The second-order valence-electron chi connectivity index (χ2n) is 10.7. The van der Waals surface area contributed by atoms with Crippen LogP contribution in [0.1, 0.15) is 165 Å². The number of carbonyl (C=O) groups excluding carboxylic acids is 2. The lowest BCUT2D eigenvalue weighted by Gasteiger charge is -2.11. The molecule has 0 saturated carbocycles.